The zero-order valence-electron chi connectivity index (χ0n) is 56.8. The van der Waals surface area contributed by atoms with Gasteiger partial charge in [0.2, 0.25) is 0 Å². The fourth-order valence-corrected chi connectivity index (χ4v) is 19.7. The topological polar surface area (TPSA) is 157 Å². The monoisotopic (exact) mass is 1260 g/mol. The Labute approximate surface area is 538 Å². The SMILES string of the molecule is CC1C2OC3(C)OC1C(OC(C)(C)C)C(O3)C2C.CC1C2OC3(C)OC1C(OC1CCCCO1)C(O3)C2C.CC1C2OC3(C4CCCCC4)OC1C(OCC1CCCCC1)C(O3)C2C.CC1C2OC3(C4CCCCC4)OC1C(OCc1ccccc1)C(O3)C2C. The van der Waals surface area contributed by atoms with E-state index in [2.05, 4.69) is 100 Å². The first-order valence-corrected chi connectivity index (χ1v) is 36.5. The number of hydrogen-bond acceptors (Lipinski definition) is 17. The van der Waals surface area contributed by atoms with Crippen LogP contribution in [0.5, 0.6) is 0 Å². The third-order valence-corrected chi connectivity index (χ3v) is 24.5. The highest BCUT2D eigenvalue weighted by Gasteiger charge is 2.70. The molecule has 508 valence electrons. The van der Waals surface area contributed by atoms with E-state index in [0.717, 1.165) is 44.8 Å². The second-order valence-electron chi connectivity index (χ2n) is 32.1. The van der Waals surface area contributed by atoms with Crippen molar-refractivity contribution in [2.24, 2.45) is 65.1 Å². The molecule has 20 fully saturated rings. The molecule has 16 bridgehead atoms. The Morgan fingerprint density at radius 1 is 0.389 bits per heavy atom. The van der Waals surface area contributed by atoms with Gasteiger partial charge in [-0.15, -0.1) is 0 Å². The van der Waals surface area contributed by atoms with Crippen molar-refractivity contribution in [3.05, 3.63) is 35.9 Å². The molecule has 90 heavy (non-hydrogen) atoms. The fourth-order valence-electron chi connectivity index (χ4n) is 19.7. The van der Waals surface area contributed by atoms with Gasteiger partial charge in [0.05, 0.1) is 92.1 Å². The van der Waals surface area contributed by atoms with E-state index in [4.69, 9.17) is 80.5 Å². The molecule has 20 aliphatic rings. The van der Waals surface area contributed by atoms with Gasteiger partial charge in [0.15, 0.2) is 6.29 Å². The maximum Gasteiger partial charge on any atom is 0.286 e. The highest BCUT2D eigenvalue weighted by Crippen LogP contribution is 2.59. The molecule has 1 aromatic carbocycles. The van der Waals surface area contributed by atoms with Crippen LogP contribution >= 0.6 is 0 Å². The minimum Gasteiger partial charge on any atom is -0.372 e. The second kappa shape index (κ2) is 26.1. The number of hydrogen-bond donors (Lipinski definition) is 0. The lowest BCUT2D eigenvalue weighted by atomic mass is 9.71. The van der Waals surface area contributed by atoms with Crippen LogP contribution in [0.3, 0.4) is 0 Å². The van der Waals surface area contributed by atoms with E-state index in [0.29, 0.717) is 65.8 Å². The normalized spacial score (nSPS) is 51.3. The molecule has 0 N–H and O–H groups in total. The van der Waals surface area contributed by atoms with Crippen molar-refractivity contribution in [2.45, 2.75) is 346 Å². The predicted octanol–water partition coefficient (Wildman–Crippen LogP) is 13.3. The van der Waals surface area contributed by atoms with Crippen LogP contribution in [0.2, 0.25) is 0 Å². The van der Waals surface area contributed by atoms with Gasteiger partial charge in [-0.05, 0) is 90.0 Å². The van der Waals surface area contributed by atoms with Crippen LogP contribution in [-0.4, -0.2) is 147 Å². The summed E-state index contributed by atoms with van der Waals surface area (Å²) in [6.07, 6.45) is 23.8. The van der Waals surface area contributed by atoms with Gasteiger partial charge in [-0.25, -0.2) is 0 Å². The van der Waals surface area contributed by atoms with Crippen molar-refractivity contribution < 1.29 is 80.5 Å². The van der Waals surface area contributed by atoms with Gasteiger partial charge in [-0.3, -0.25) is 0 Å². The van der Waals surface area contributed by atoms with Crippen LogP contribution in [0.15, 0.2) is 30.3 Å². The summed E-state index contributed by atoms with van der Waals surface area (Å²) < 4.78 is 106. The summed E-state index contributed by atoms with van der Waals surface area (Å²) in [6, 6.07) is 10.4. The van der Waals surface area contributed by atoms with E-state index in [1.165, 1.54) is 95.5 Å². The van der Waals surface area contributed by atoms with Crippen LogP contribution in [0.4, 0.5) is 0 Å². The van der Waals surface area contributed by atoms with E-state index in [9.17, 15) is 0 Å². The molecule has 0 radical (unpaired) electrons. The van der Waals surface area contributed by atoms with Crippen LogP contribution in [0, 0.1) is 65.1 Å². The maximum absolute atomic E-state index is 6.59. The summed E-state index contributed by atoms with van der Waals surface area (Å²) in [4.78, 5) is 0. The van der Waals surface area contributed by atoms with Crippen LogP contribution in [0.1, 0.15) is 211 Å². The Hall–Kier alpha value is -1.46. The lowest BCUT2D eigenvalue weighted by Crippen LogP contribution is -2.76. The molecule has 0 amide bonds. The van der Waals surface area contributed by atoms with Crippen molar-refractivity contribution in [3.63, 3.8) is 0 Å². The Balaban J connectivity index is 0.000000106. The molecule has 13 saturated heterocycles. The Bertz CT molecular complexity index is 2450. The van der Waals surface area contributed by atoms with Crippen LogP contribution in [-0.2, 0) is 87.1 Å². The Morgan fingerprint density at radius 3 is 1.16 bits per heavy atom. The Kier molecular flexibility index (Phi) is 19.1. The summed E-state index contributed by atoms with van der Waals surface area (Å²) in [6.45, 7) is 30.0. The van der Waals surface area contributed by atoms with E-state index in [-0.39, 0.29) is 110 Å². The van der Waals surface area contributed by atoms with E-state index in [1.807, 2.05) is 19.9 Å². The van der Waals surface area contributed by atoms with Crippen LogP contribution < -0.4 is 0 Å². The molecule has 7 aliphatic carbocycles. The van der Waals surface area contributed by atoms with Crippen molar-refractivity contribution in [2.75, 3.05) is 13.2 Å². The summed E-state index contributed by atoms with van der Waals surface area (Å²) >= 11 is 0. The highest BCUT2D eigenvalue weighted by molar-refractivity contribution is 5.15. The number of benzene rings is 1. The zero-order chi connectivity index (χ0) is 62.6. The molecule has 13 aliphatic heterocycles. The number of rotatable bonds is 11. The quantitative estimate of drug-likeness (QED) is 0.206. The van der Waals surface area contributed by atoms with Gasteiger partial charge in [-0.1, -0.05) is 144 Å². The van der Waals surface area contributed by atoms with E-state index < -0.39 is 23.9 Å². The molecular weight excluding hydrogens is 1150 g/mol. The number of ether oxygens (including phenoxy) is 17. The van der Waals surface area contributed by atoms with Crippen LogP contribution in [0.25, 0.3) is 0 Å². The van der Waals surface area contributed by atoms with Crippen molar-refractivity contribution in [3.8, 4) is 0 Å². The molecule has 17 nitrogen and oxygen atoms in total. The largest absolute Gasteiger partial charge is 0.372 e. The van der Waals surface area contributed by atoms with Gasteiger partial charge < -0.3 is 80.5 Å². The molecule has 7 saturated carbocycles. The summed E-state index contributed by atoms with van der Waals surface area (Å²) in [5, 5.41) is 0. The van der Waals surface area contributed by atoms with Crippen molar-refractivity contribution in [1.29, 1.82) is 0 Å². The lowest BCUT2D eigenvalue weighted by Gasteiger charge is -2.64. The van der Waals surface area contributed by atoms with E-state index >= 15 is 0 Å². The first-order valence-electron chi connectivity index (χ1n) is 36.5. The Morgan fingerprint density at radius 2 is 0.744 bits per heavy atom. The first kappa shape index (κ1) is 65.8. The summed E-state index contributed by atoms with van der Waals surface area (Å²) in [5.41, 5.74) is 1.01. The fraction of sp³-hybridized carbons (Fsp3) is 0.918. The van der Waals surface area contributed by atoms with Gasteiger partial charge in [0.1, 0.15) is 24.4 Å². The van der Waals surface area contributed by atoms with Crippen molar-refractivity contribution in [1.82, 2.24) is 0 Å². The molecule has 17 unspecified atom stereocenters. The second-order valence-corrected chi connectivity index (χ2v) is 32.1. The van der Waals surface area contributed by atoms with Gasteiger partial charge in [-0.2, -0.15) is 0 Å². The van der Waals surface area contributed by atoms with Gasteiger partial charge in [0, 0.05) is 79.6 Å². The smallest absolute Gasteiger partial charge is 0.286 e. The molecule has 0 aromatic heterocycles. The highest BCUT2D eigenvalue weighted by atomic mass is 16.9. The van der Waals surface area contributed by atoms with E-state index in [1.54, 1.807) is 0 Å². The zero-order valence-corrected chi connectivity index (χ0v) is 56.8. The molecule has 21 rings (SSSR count). The third-order valence-electron chi connectivity index (χ3n) is 24.5. The summed E-state index contributed by atoms with van der Waals surface area (Å²) in [5.74, 6) is 0.942. The van der Waals surface area contributed by atoms with Gasteiger partial charge in [0.25, 0.3) is 23.9 Å². The molecule has 13 heterocycles. The van der Waals surface area contributed by atoms with Gasteiger partial charge >= 0.3 is 0 Å². The average molecular weight is 1260 g/mol. The summed E-state index contributed by atoms with van der Waals surface area (Å²) in [7, 11) is 0. The standard InChI is InChI=1S/C22H36O4.C22H30O4.C15H24O5.C14H24O4/c2*1-14-18-15(2)20-21(23-13-16-9-5-3-6-10-16)19(14)25-22(24-18,26-20)17-11-7-4-8-12-17;1-8-11-9(2)13-14(17-10-6-4-5-7-16-10)12(8)19-15(3,18-11)20-13;1-7-9-8(2)11-12(15-13(3,4)5)10(7)17-14(6,16-9)18-11/h14-21H,3-13H2,1-2H3;3,5-6,9-10,14-15,17-21H,4,7-8,11-13H2,1-2H3;8-14H,4-7H2,1-3H3;7-12H,1-6H3. The molecule has 0 spiro atoms. The third kappa shape index (κ3) is 12.4. The minimum atomic E-state index is -0.883. The molecule has 1 aromatic rings. The molecule has 17 atom stereocenters. The van der Waals surface area contributed by atoms with Crippen molar-refractivity contribution >= 4 is 0 Å². The molecule has 17 heteroatoms. The lowest BCUT2D eigenvalue weighted by molar-refractivity contribution is -0.548. The average Bonchev–Trinajstić information content (AvgIpc) is 0.736. The molecular formula is C73H114O17. The first-order chi connectivity index (χ1) is 43.1. The maximum atomic E-state index is 6.59. The minimum absolute atomic E-state index is 0.00299. The predicted molar refractivity (Wildman–Crippen MR) is 332 cm³/mol.